The number of carboxylic acids is 1. The molecule has 1 saturated carbocycles. The van der Waals surface area contributed by atoms with Gasteiger partial charge in [0.2, 0.25) is 0 Å². The van der Waals surface area contributed by atoms with Crippen molar-refractivity contribution < 1.29 is 37.3 Å². The fourth-order valence-electron chi connectivity index (χ4n) is 5.40. The molecule has 1 fully saturated rings. The fraction of sp³-hybridized carbons (Fsp3) is 0.464. The Morgan fingerprint density at radius 2 is 1.80 bits per heavy atom. The van der Waals surface area contributed by atoms with Gasteiger partial charge in [-0.2, -0.15) is 13.2 Å². The minimum absolute atomic E-state index is 0.0707. The topological polar surface area (TPSA) is 114 Å². The molecule has 216 valence electrons. The highest BCUT2D eigenvalue weighted by Gasteiger charge is 2.54. The second kappa shape index (κ2) is 12.1. The lowest BCUT2D eigenvalue weighted by Gasteiger charge is -2.46. The zero-order valence-corrected chi connectivity index (χ0v) is 22.6. The molecule has 1 aliphatic heterocycles. The Labute approximate surface area is 234 Å². The summed E-state index contributed by atoms with van der Waals surface area (Å²) in [5.41, 5.74) is 5.26. The maximum Gasteiger partial charge on any atom is 0.391 e. The molecular formula is C28H31ClF3N3O5. The summed E-state index contributed by atoms with van der Waals surface area (Å²) in [6, 6.07) is 13.2. The summed E-state index contributed by atoms with van der Waals surface area (Å²) < 4.78 is 51.1. The van der Waals surface area contributed by atoms with Crippen LogP contribution in [0.5, 0.6) is 0 Å². The Bertz CT molecular complexity index is 1230. The summed E-state index contributed by atoms with van der Waals surface area (Å²) in [4.78, 5) is 32.2. The molecule has 1 unspecified atom stereocenters. The summed E-state index contributed by atoms with van der Waals surface area (Å²) in [7, 11) is 1.31. The van der Waals surface area contributed by atoms with Gasteiger partial charge in [-0.25, -0.2) is 9.79 Å². The number of hydrogen-bond acceptors (Lipinski definition) is 6. The van der Waals surface area contributed by atoms with E-state index in [-0.39, 0.29) is 30.6 Å². The Kier molecular flexibility index (Phi) is 8.94. The van der Waals surface area contributed by atoms with E-state index in [0.717, 1.165) is 10.5 Å². The maximum atomic E-state index is 14.1. The molecule has 8 nitrogen and oxygen atoms in total. The number of benzene rings is 2. The van der Waals surface area contributed by atoms with Gasteiger partial charge >= 0.3 is 12.1 Å². The third-order valence-corrected chi connectivity index (χ3v) is 7.90. The van der Waals surface area contributed by atoms with Crippen LogP contribution in [0.4, 0.5) is 18.9 Å². The monoisotopic (exact) mass is 581 g/mol. The highest BCUT2D eigenvalue weighted by atomic mass is 35.5. The van der Waals surface area contributed by atoms with Gasteiger partial charge in [-0.05, 0) is 73.9 Å². The summed E-state index contributed by atoms with van der Waals surface area (Å²) in [6.07, 6.45) is -5.91. The largest absolute Gasteiger partial charge is 0.479 e. The van der Waals surface area contributed by atoms with Gasteiger partial charge < -0.3 is 20.3 Å². The molecule has 0 saturated heterocycles. The lowest BCUT2D eigenvalue weighted by atomic mass is 9.74. The first-order chi connectivity index (χ1) is 18.9. The van der Waals surface area contributed by atoms with Crippen molar-refractivity contribution in [2.24, 2.45) is 16.6 Å². The van der Waals surface area contributed by atoms with E-state index in [4.69, 9.17) is 26.8 Å². The third-order valence-electron chi connectivity index (χ3n) is 7.65. The molecule has 2 aliphatic rings. The number of halogens is 4. The van der Waals surface area contributed by atoms with E-state index in [1.54, 1.807) is 48.5 Å². The Morgan fingerprint density at radius 1 is 1.18 bits per heavy atom. The van der Waals surface area contributed by atoms with Crippen LogP contribution in [0, 0.1) is 5.92 Å². The molecule has 4 rings (SSSR count). The van der Waals surface area contributed by atoms with Crippen LogP contribution in [0.2, 0.25) is 5.02 Å². The number of carbonyl (C=O) groups excluding carboxylic acids is 1. The van der Waals surface area contributed by atoms with E-state index >= 15 is 0 Å². The minimum atomic E-state index is -4.45. The molecule has 1 heterocycles. The van der Waals surface area contributed by atoms with E-state index in [1.807, 2.05) is 0 Å². The number of aliphatic imine (C=N–C) groups is 1. The first-order valence-electron chi connectivity index (χ1n) is 12.9. The van der Waals surface area contributed by atoms with Crippen LogP contribution in [-0.4, -0.2) is 54.5 Å². The Hall–Kier alpha value is -3.31. The van der Waals surface area contributed by atoms with Gasteiger partial charge in [0, 0.05) is 17.8 Å². The normalized spacial score (nSPS) is 23.7. The molecule has 40 heavy (non-hydrogen) atoms. The number of nitrogens with two attached hydrogens (primary N) is 1. The number of carbonyl (C=O) groups is 2. The Morgan fingerprint density at radius 3 is 2.30 bits per heavy atom. The predicted molar refractivity (Wildman–Crippen MR) is 143 cm³/mol. The van der Waals surface area contributed by atoms with Gasteiger partial charge in [0.25, 0.3) is 11.9 Å². The first kappa shape index (κ1) is 29.7. The second-order valence-electron chi connectivity index (χ2n) is 10.1. The van der Waals surface area contributed by atoms with E-state index < -0.39 is 48.5 Å². The minimum Gasteiger partial charge on any atom is -0.479 e. The van der Waals surface area contributed by atoms with Gasteiger partial charge in [-0.15, -0.1) is 0 Å². The zero-order chi connectivity index (χ0) is 29.1. The van der Waals surface area contributed by atoms with E-state index in [9.17, 15) is 27.9 Å². The lowest BCUT2D eigenvalue weighted by Crippen LogP contribution is -2.61. The number of aryl methyl sites for hydroxylation is 1. The molecule has 2 aromatic carbocycles. The van der Waals surface area contributed by atoms with Crippen LogP contribution in [0.3, 0.4) is 0 Å². The molecule has 0 spiro atoms. The number of rotatable bonds is 9. The van der Waals surface area contributed by atoms with Crippen molar-refractivity contribution in [2.75, 3.05) is 18.6 Å². The predicted octanol–water partition coefficient (Wildman–Crippen LogP) is 5.28. The molecule has 3 N–H and O–H groups in total. The molecule has 12 heteroatoms. The van der Waals surface area contributed by atoms with Crippen LogP contribution in [0.15, 0.2) is 53.5 Å². The van der Waals surface area contributed by atoms with Crippen molar-refractivity contribution in [3.05, 3.63) is 64.7 Å². The first-order valence-corrected chi connectivity index (χ1v) is 13.3. The lowest BCUT2D eigenvalue weighted by molar-refractivity contribution is -0.187. The molecule has 0 bridgehead atoms. The number of ether oxygens (including phenoxy) is 2. The number of amidine groups is 1. The summed E-state index contributed by atoms with van der Waals surface area (Å²) in [5, 5.41) is 10.9. The SMILES string of the molecule is COC(C(=O)N(c1ccc(CC[C@H]2COC(N)=N2)cc1)C1(C(=O)O)CCC(C(F)(F)F)CC1)c1ccc(Cl)cc1. The van der Waals surface area contributed by atoms with Crippen LogP contribution in [0.1, 0.15) is 49.3 Å². The van der Waals surface area contributed by atoms with Gasteiger partial charge in [0.15, 0.2) is 6.10 Å². The summed E-state index contributed by atoms with van der Waals surface area (Å²) in [6.45, 7) is 0.398. The number of anilines is 1. The van der Waals surface area contributed by atoms with Crippen LogP contribution in [-0.2, 0) is 25.5 Å². The number of hydrogen-bond donors (Lipinski definition) is 2. The number of aliphatic carboxylic acids is 1. The Balaban J connectivity index is 1.68. The van der Waals surface area contributed by atoms with Crippen LogP contribution >= 0.6 is 11.6 Å². The standard InChI is InChI=1S/C28H31ClF3N3O5/c1-39-23(18-5-7-20(29)8-6-18)24(36)35(27(25(37)38)14-12-19(13-15-27)28(30,31)32)22-10-3-17(4-11-22)2-9-21-16-40-26(33)34-21/h3-8,10-11,19,21,23H,2,9,12-16H2,1H3,(H2,33,34)(H,37,38)/t19?,21-,23?,27?/m0/s1. The van der Waals surface area contributed by atoms with E-state index in [0.29, 0.717) is 30.0 Å². The van der Waals surface area contributed by atoms with Crippen molar-refractivity contribution in [3.8, 4) is 0 Å². The average Bonchev–Trinajstić information content (AvgIpc) is 3.34. The highest BCUT2D eigenvalue weighted by molar-refractivity contribution is 6.30. The van der Waals surface area contributed by atoms with Gasteiger partial charge in [0.1, 0.15) is 12.1 Å². The summed E-state index contributed by atoms with van der Waals surface area (Å²) in [5.74, 6) is -3.70. The number of carboxylic acid groups (broad SMARTS) is 1. The quantitative estimate of drug-likeness (QED) is 0.416. The summed E-state index contributed by atoms with van der Waals surface area (Å²) >= 11 is 6.00. The molecule has 0 aromatic heterocycles. The van der Waals surface area contributed by atoms with Gasteiger partial charge in [-0.3, -0.25) is 9.69 Å². The molecule has 1 aliphatic carbocycles. The van der Waals surface area contributed by atoms with Crippen molar-refractivity contribution in [1.82, 2.24) is 0 Å². The molecular weight excluding hydrogens is 551 g/mol. The molecule has 1 amide bonds. The smallest absolute Gasteiger partial charge is 0.391 e. The van der Waals surface area contributed by atoms with Crippen molar-refractivity contribution in [2.45, 2.75) is 62.4 Å². The van der Waals surface area contributed by atoms with Gasteiger partial charge in [-0.1, -0.05) is 35.9 Å². The van der Waals surface area contributed by atoms with Crippen molar-refractivity contribution >= 4 is 35.2 Å². The number of amides is 1. The molecule has 2 atom stereocenters. The maximum absolute atomic E-state index is 14.1. The van der Waals surface area contributed by atoms with E-state index in [1.165, 1.54) is 7.11 Å². The number of methoxy groups -OCH3 is 1. The van der Waals surface area contributed by atoms with Crippen molar-refractivity contribution in [3.63, 3.8) is 0 Å². The third kappa shape index (κ3) is 6.36. The molecule has 2 aromatic rings. The second-order valence-corrected chi connectivity index (χ2v) is 10.6. The number of nitrogens with zero attached hydrogens (tertiary/aromatic N) is 2. The zero-order valence-electron chi connectivity index (χ0n) is 21.9. The van der Waals surface area contributed by atoms with Crippen molar-refractivity contribution in [1.29, 1.82) is 0 Å². The average molecular weight is 582 g/mol. The van der Waals surface area contributed by atoms with Crippen LogP contribution < -0.4 is 10.6 Å². The van der Waals surface area contributed by atoms with E-state index in [2.05, 4.69) is 4.99 Å². The molecule has 0 radical (unpaired) electrons. The highest BCUT2D eigenvalue weighted by Crippen LogP contribution is 2.46. The van der Waals surface area contributed by atoms with Gasteiger partial charge in [0.05, 0.1) is 12.0 Å². The van der Waals surface area contributed by atoms with Crippen LogP contribution in [0.25, 0.3) is 0 Å². The fourth-order valence-corrected chi connectivity index (χ4v) is 5.53. The number of alkyl halides is 3.